The first-order valence-electron chi connectivity index (χ1n) is 15.0. The monoisotopic (exact) mass is 598 g/mol. The molecule has 4 aliphatic rings. The van der Waals surface area contributed by atoms with Crippen molar-refractivity contribution in [1.29, 1.82) is 0 Å². The number of benzene rings is 2. The first-order chi connectivity index (χ1) is 19.8. The van der Waals surface area contributed by atoms with E-state index in [0.717, 1.165) is 69.3 Å². The fraction of sp³-hybridized carbons (Fsp3) is 0.531. The molecule has 0 spiro atoms. The number of aryl methyl sites for hydroxylation is 1. The van der Waals surface area contributed by atoms with Crippen LogP contribution in [0.5, 0.6) is 5.75 Å². The van der Waals surface area contributed by atoms with E-state index in [1.165, 1.54) is 5.56 Å². The van der Waals surface area contributed by atoms with Crippen LogP contribution in [0.2, 0.25) is 5.02 Å². The van der Waals surface area contributed by atoms with Gasteiger partial charge in [-0.15, -0.1) is 0 Å². The van der Waals surface area contributed by atoms with Crippen LogP contribution < -0.4 is 14.4 Å². The van der Waals surface area contributed by atoms with Crippen LogP contribution in [-0.2, 0) is 23.1 Å². The molecule has 2 heterocycles. The molecule has 2 aromatic carbocycles. The summed E-state index contributed by atoms with van der Waals surface area (Å²) in [6.07, 6.45) is 10.8. The number of hydrogen-bond donors (Lipinski definition) is 2. The summed E-state index contributed by atoms with van der Waals surface area (Å²) in [5, 5.41) is 11.2. The van der Waals surface area contributed by atoms with Crippen LogP contribution >= 0.6 is 11.6 Å². The Kier molecular flexibility index (Phi) is 8.35. The van der Waals surface area contributed by atoms with Gasteiger partial charge in [-0.1, -0.05) is 36.2 Å². The quantitative estimate of drug-likeness (QED) is 0.381. The number of rotatable bonds is 0. The summed E-state index contributed by atoms with van der Waals surface area (Å²) in [4.78, 5) is 15.7. The number of aliphatic hydroxyl groups excluding tert-OH is 1. The van der Waals surface area contributed by atoms with Gasteiger partial charge in [-0.05, 0) is 111 Å². The molecule has 2 fully saturated rings. The minimum Gasteiger partial charge on any atom is -0.487 e. The molecule has 1 amide bonds. The van der Waals surface area contributed by atoms with Crippen molar-refractivity contribution in [2.75, 3.05) is 18.0 Å². The van der Waals surface area contributed by atoms with Gasteiger partial charge in [0.1, 0.15) is 12.4 Å². The van der Waals surface area contributed by atoms with E-state index in [2.05, 4.69) is 9.62 Å². The summed E-state index contributed by atoms with van der Waals surface area (Å²) in [5.74, 6) is 0.451. The van der Waals surface area contributed by atoms with Crippen molar-refractivity contribution >= 4 is 33.2 Å². The summed E-state index contributed by atoms with van der Waals surface area (Å²) in [5.41, 5.74) is 3.35. The van der Waals surface area contributed by atoms with Gasteiger partial charge >= 0.3 is 0 Å². The minimum absolute atomic E-state index is 0.0668. The molecule has 7 nitrogen and oxygen atoms in total. The highest BCUT2D eigenvalue weighted by Gasteiger charge is 2.39. The van der Waals surface area contributed by atoms with Gasteiger partial charge < -0.3 is 14.7 Å². The number of fused-ring (bicyclic) bond motifs is 4. The van der Waals surface area contributed by atoms with Crippen molar-refractivity contribution in [3.8, 4) is 5.75 Å². The fourth-order valence-corrected chi connectivity index (χ4v) is 9.07. The van der Waals surface area contributed by atoms with Crippen LogP contribution in [0.3, 0.4) is 0 Å². The number of ether oxygens (including phenoxy) is 1. The van der Waals surface area contributed by atoms with Crippen LogP contribution in [0, 0.1) is 17.8 Å². The maximum absolute atomic E-state index is 13.4. The van der Waals surface area contributed by atoms with Crippen molar-refractivity contribution in [3.05, 3.63) is 70.3 Å². The molecular formula is C32H39ClN2O5S. The minimum atomic E-state index is -3.86. The Morgan fingerprint density at radius 3 is 2.68 bits per heavy atom. The number of allylic oxidation sites excluding steroid dienone is 1. The lowest BCUT2D eigenvalue weighted by atomic mass is 9.70. The van der Waals surface area contributed by atoms with E-state index in [-0.39, 0.29) is 11.8 Å². The van der Waals surface area contributed by atoms with Gasteiger partial charge in [0.05, 0.1) is 17.0 Å². The number of anilines is 1. The highest BCUT2D eigenvalue weighted by molar-refractivity contribution is 7.90. The maximum Gasteiger partial charge on any atom is 0.264 e. The number of aliphatic hydroxyl groups is 1. The van der Waals surface area contributed by atoms with Gasteiger partial charge in [-0.2, -0.15) is 0 Å². The van der Waals surface area contributed by atoms with Crippen molar-refractivity contribution in [1.82, 2.24) is 4.72 Å². The summed E-state index contributed by atoms with van der Waals surface area (Å²) in [7, 11) is -3.86. The zero-order chi connectivity index (χ0) is 28.6. The molecule has 220 valence electrons. The molecule has 2 saturated carbocycles. The molecule has 0 radical (unpaired) electrons. The molecule has 0 saturated heterocycles. The number of nitrogens with one attached hydrogen (secondary N) is 1. The highest BCUT2D eigenvalue weighted by atomic mass is 35.5. The number of halogens is 1. The molecule has 41 heavy (non-hydrogen) atoms. The van der Waals surface area contributed by atoms with Crippen LogP contribution in [0.25, 0.3) is 0 Å². The third-order valence-electron chi connectivity index (χ3n) is 9.60. The van der Waals surface area contributed by atoms with E-state index in [9.17, 15) is 18.3 Å². The third-order valence-corrected chi connectivity index (χ3v) is 11.7. The van der Waals surface area contributed by atoms with E-state index >= 15 is 0 Å². The summed E-state index contributed by atoms with van der Waals surface area (Å²) in [6.45, 7) is 1.86. The number of carbonyl (C=O) groups excluding carboxylic acids is 1. The molecule has 2 N–H and O–H groups in total. The van der Waals surface area contributed by atoms with Gasteiger partial charge in [-0.25, -0.2) is 13.1 Å². The molecule has 2 bridgehead atoms. The lowest BCUT2D eigenvalue weighted by molar-refractivity contribution is 0.0461. The van der Waals surface area contributed by atoms with E-state index in [1.807, 2.05) is 30.4 Å². The van der Waals surface area contributed by atoms with Gasteiger partial charge in [0.2, 0.25) is 10.0 Å². The number of nitrogens with zero attached hydrogens (tertiary/aromatic N) is 1. The van der Waals surface area contributed by atoms with Gasteiger partial charge in [-0.3, -0.25) is 4.79 Å². The summed E-state index contributed by atoms with van der Waals surface area (Å²) < 4.78 is 35.5. The summed E-state index contributed by atoms with van der Waals surface area (Å²) in [6, 6.07) is 11.1. The standard InChI is InChI=1S/C32H39ClN2O5S/c33-26-13-10-25-20-40-30-15-12-23-18-28(30)35(16-2-1-5-22(25)17-26)19-24-11-14-27(24)29(36)8-3-6-21-7-4-9-31(21)41(38,39)34-32(23)37/h3,8,10,12-13,15,17-18,21,24,27,29,31,36H,1-2,4-7,9,11,14,16,19-20H2,(H,34,37)/b8-3+/t21-,24+,27-,29+,31-/m1/s1. The molecule has 2 aliphatic heterocycles. The maximum atomic E-state index is 13.4. The third kappa shape index (κ3) is 6.15. The van der Waals surface area contributed by atoms with Gasteiger partial charge in [0.25, 0.3) is 5.91 Å². The average molecular weight is 599 g/mol. The average Bonchev–Trinajstić information content (AvgIpc) is 3.39. The highest BCUT2D eigenvalue weighted by Crippen LogP contribution is 2.41. The Balaban J connectivity index is 1.38. The Labute approximate surface area is 248 Å². The van der Waals surface area contributed by atoms with Crippen molar-refractivity contribution in [2.24, 2.45) is 17.8 Å². The first kappa shape index (κ1) is 28.6. The van der Waals surface area contributed by atoms with Crippen LogP contribution in [0.4, 0.5) is 5.69 Å². The Morgan fingerprint density at radius 2 is 1.85 bits per heavy atom. The lowest BCUT2D eigenvalue weighted by Crippen LogP contribution is -2.43. The van der Waals surface area contributed by atoms with E-state index in [0.29, 0.717) is 41.7 Å². The number of amides is 1. The number of carbonyl (C=O) groups is 1. The van der Waals surface area contributed by atoms with E-state index < -0.39 is 27.3 Å². The SMILES string of the molecule is O=C1NS(=O)(=O)[C@@H]2CCC[C@H]2C/C=C/[C@H](O)[C@@H]2CC[C@H]2CN2CCCCc3cc(Cl)ccc3COc3ccc1cc32. The second kappa shape index (κ2) is 12.0. The van der Waals surface area contributed by atoms with Crippen molar-refractivity contribution in [2.45, 2.75) is 75.7 Å². The zero-order valence-corrected chi connectivity index (χ0v) is 24.9. The van der Waals surface area contributed by atoms with Gasteiger partial charge in [0, 0.05) is 23.7 Å². The Bertz CT molecular complexity index is 1430. The predicted molar refractivity (Wildman–Crippen MR) is 161 cm³/mol. The normalized spacial score (nSPS) is 30.7. The molecular weight excluding hydrogens is 560 g/mol. The van der Waals surface area contributed by atoms with Gasteiger partial charge in [0.15, 0.2) is 0 Å². The van der Waals surface area contributed by atoms with Crippen LogP contribution in [0.1, 0.15) is 72.9 Å². The second-order valence-corrected chi connectivity index (χ2v) is 14.5. The van der Waals surface area contributed by atoms with Crippen molar-refractivity contribution < 1.29 is 23.1 Å². The molecule has 5 atom stereocenters. The lowest BCUT2D eigenvalue weighted by Gasteiger charge is -2.42. The molecule has 0 aromatic heterocycles. The topological polar surface area (TPSA) is 95.9 Å². The molecule has 2 aromatic rings. The second-order valence-electron chi connectivity index (χ2n) is 12.1. The first-order valence-corrected chi connectivity index (χ1v) is 16.9. The Morgan fingerprint density at radius 1 is 0.976 bits per heavy atom. The molecule has 0 unspecified atom stereocenters. The van der Waals surface area contributed by atoms with E-state index in [4.69, 9.17) is 16.3 Å². The zero-order valence-electron chi connectivity index (χ0n) is 23.3. The molecule has 9 heteroatoms. The number of hydrogen-bond acceptors (Lipinski definition) is 6. The summed E-state index contributed by atoms with van der Waals surface area (Å²) >= 11 is 6.30. The predicted octanol–water partition coefficient (Wildman–Crippen LogP) is 5.64. The Hall–Kier alpha value is -2.55. The number of sulfonamides is 1. The fourth-order valence-electron chi connectivity index (χ4n) is 7.11. The molecule has 2 aliphatic carbocycles. The van der Waals surface area contributed by atoms with E-state index in [1.54, 1.807) is 18.2 Å². The van der Waals surface area contributed by atoms with Crippen molar-refractivity contribution in [3.63, 3.8) is 0 Å². The smallest absolute Gasteiger partial charge is 0.264 e. The molecule has 6 rings (SSSR count). The van der Waals surface area contributed by atoms with Crippen LogP contribution in [0.15, 0.2) is 48.6 Å². The van der Waals surface area contributed by atoms with Crippen LogP contribution in [-0.4, -0.2) is 43.9 Å². The largest absolute Gasteiger partial charge is 0.487 e.